The van der Waals surface area contributed by atoms with Crippen molar-refractivity contribution in [3.8, 4) is 11.5 Å². The fourth-order valence-corrected chi connectivity index (χ4v) is 3.51. The third-order valence-electron chi connectivity index (χ3n) is 5.01. The maximum absolute atomic E-state index is 12.7. The van der Waals surface area contributed by atoms with E-state index in [0.29, 0.717) is 6.54 Å². The first-order chi connectivity index (χ1) is 13.5. The summed E-state index contributed by atoms with van der Waals surface area (Å²) >= 11 is 0. The van der Waals surface area contributed by atoms with Gasteiger partial charge in [-0.3, -0.25) is 14.5 Å². The second kappa shape index (κ2) is 9.37. The van der Waals surface area contributed by atoms with Gasteiger partial charge in [-0.1, -0.05) is 30.3 Å². The summed E-state index contributed by atoms with van der Waals surface area (Å²) in [5.41, 5.74) is 6.30. The Balaban J connectivity index is 1.49. The lowest BCUT2D eigenvalue weighted by molar-refractivity contribution is -0.136. The quantitative estimate of drug-likeness (QED) is 0.800. The molecule has 0 saturated carbocycles. The number of piperidine rings is 1. The van der Waals surface area contributed by atoms with Crippen molar-refractivity contribution in [1.29, 1.82) is 0 Å². The number of nitrogens with zero attached hydrogens (tertiary/aromatic N) is 2. The molecule has 0 atom stereocenters. The van der Waals surface area contributed by atoms with E-state index in [-0.39, 0.29) is 24.3 Å². The van der Waals surface area contributed by atoms with E-state index >= 15 is 0 Å². The predicted molar refractivity (Wildman–Crippen MR) is 108 cm³/mol. The van der Waals surface area contributed by atoms with Gasteiger partial charge in [0, 0.05) is 19.5 Å². The smallest absolute Gasteiger partial charge is 0.231 e. The van der Waals surface area contributed by atoms with E-state index in [9.17, 15) is 9.59 Å². The van der Waals surface area contributed by atoms with Gasteiger partial charge < -0.3 is 15.4 Å². The largest absolute Gasteiger partial charge is 0.457 e. The third-order valence-corrected chi connectivity index (χ3v) is 5.01. The molecular weight excluding hydrogens is 354 g/mol. The van der Waals surface area contributed by atoms with E-state index in [1.54, 1.807) is 4.90 Å². The van der Waals surface area contributed by atoms with E-state index < -0.39 is 0 Å². The number of carbonyl (C=O) groups is 2. The van der Waals surface area contributed by atoms with Gasteiger partial charge in [0.25, 0.3) is 0 Å². The molecule has 3 rings (SSSR count). The maximum Gasteiger partial charge on any atom is 0.231 e. The van der Waals surface area contributed by atoms with Crippen LogP contribution in [0.3, 0.4) is 0 Å². The van der Waals surface area contributed by atoms with E-state index in [0.717, 1.165) is 43.0 Å². The summed E-state index contributed by atoms with van der Waals surface area (Å²) in [5.74, 6) is 1.41. The first kappa shape index (κ1) is 19.9. The highest BCUT2D eigenvalue weighted by molar-refractivity contribution is 5.79. The van der Waals surface area contributed by atoms with Crippen molar-refractivity contribution >= 4 is 11.8 Å². The van der Waals surface area contributed by atoms with Crippen molar-refractivity contribution in [2.75, 3.05) is 26.7 Å². The molecule has 2 amide bonds. The minimum atomic E-state index is -0.318. The standard InChI is InChI=1S/C22H27N3O3/c1-24(22(27)18-11-13-25(14-12-18)16-21(23)26)15-17-7-9-20(10-8-17)28-19-5-3-2-4-6-19/h2-10,18H,11-16H2,1H3,(H2,23,26). The minimum absolute atomic E-state index is 0.00909. The molecule has 6 heteroatoms. The molecule has 28 heavy (non-hydrogen) atoms. The molecule has 1 heterocycles. The summed E-state index contributed by atoms with van der Waals surface area (Å²) in [4.78, 5) is 27.5. The summed E-state index contributed by atoms with van der Waals surface area (Å²) in [6.07, 6.45) is 1.53. The van der Waals surface area contributed by atoms with Gasteiger partial charge in [-0.2, -0.15) is 0 Å². The van der Waals surface area contributed by atoms with Gasteiger partial charge in [0.2, 0.25) is 11.8 Å². The highest BCUT2D eigenvalue weighted by Gasteiger charge is 2.27. The fraction of sp³-hybridized carbons (Fsp3) is 0.364. The molecule has 2 N–H and O–H groups in total. The molecule has 0 aromatic heterocycles. The average molecular weight is 381 g/mol. The van der Waals surface area contributed by atoms with Crippen LogP contribution in [0.25, 0.3) is 0 Å². The van der Waals surface area contributed by atoms with Gasteiger partial charge in [0.15, 0.2) is 0 Å². The fourth-order valence-electron chi connectivity index (χ4n) is 3.51. The zero-order chi connectivity index (χ0) is 19.9. The SMILES string of the molecule is CN(Cc1ccc(Oc2ccccc2)cc1)C(=O)C1CCN(CC(N)=O)CC1. The third kappa shape index (κ3) is 5.57. The number of primary amides is 1. The Bertz CT molecular complexity index is 784. The highest BCUT2D eigenvalue weighted by atomic mass is 16.5. The number of ether oxygens (including phenoxy) is 1. The number of likely N-dealkylation sites (tertiary alicyclic amines) is 1. The van der Waals surface area contributed by atoms with Gasteiger partial charge in [0.05, 0.1) is 6.54 Å². The van der Waals surface area contributed by atoms with Crippen molar-refractivity contribution in [3.05, 3.63) is 60.2 Å². The van der Waals surface area contributed by atoms with Gasteiger partial charge in [-0.05, 0) is 55.8 Å². The van der Waals surface area contributed by atoms with E-state index in [4.69, 9.17) is 10.5 Å². The van der Waals surface area contributed by atoms with Crippen LogP contribution in [-0.4, -0.2) is 48.3 Å². The molecule has 0 unspecified atom stereocenters. The molecule has 0 spiro atoms. The number of hydrogen-bond acceptors (Lipinski definition) is 4. The molecule has 2 aromatic carbocycles. The summed E-state index contributed by atoms with van der Waals surface area (Å²) in [5, 5.41) is 0. The van der Waals surface area contributed by atoms with Gasteiger partial charge in [-0.15, -0.1) is 0 Å². The Labute approximate surface area is 165 Å². The zero-order valence-corrected chi connectivity index (χ0v) is 16.2. The van der Waals surface area contributed by atoms with Crippen LogP contribution < -0.4 is 10.5 Å². The first-order valence-corrected chi connectivity index (χ1v) is 9.59. The number of benzene rings is 2. The second-order valence-corrected chi connectivity index (χ2v) is 7.27. The highest BCUT2D eigenvalue weighted by Crippen LogP contribution is 2.23. The van der Waals surface area contributed by atoms with Gasteiger partial charge >= 0.3 is 0 Å². The van der Waals surface area contributed by atoms with E-state index in [1.165, 1.54) is 0 Å². The molecule has 1 fully saturated rings. The van der Waals surface area contributed by atoms with Crippen molar-refractivity contribution in [2.24, 2.45) is 11.7 Å². The lowest BCUT2D eigenvalue weighted by Crippen LogP contribution is -2.43. The van der Waals surface area contributed by atoms with Crippen LogP contribution in [0.2, 0.25) is 0 Å². The number of carbonyl (C=O) groups excluding carboxylic acids is 2. The van der Waals surface area contributed by atoms with E-state index in [2.05, 4.69) is 0 Å². The summed E-state index contributed by atoms with van der Waals surface area (Å²) in [6.45, 7) is 2.30. The van der Waals surface area contributed by atoms with Crippen LogP contribution >= 0.6 is 0 Å². The normalized spacial score (nSPS) is 15.2. The van der Waals surface area contributed by atoms with Crippen molar-refractivity contribution in [3.63, 3.8) is 0 Å². The van der Waals surface area contributed by atoms with Gasteiger partial charge in [-0.25, -0.2) is 0 Å². The zero-order valence-electron chi connectivity index (χ0n) is 16.2. The maximum atomic E-state index is 12.7. The molecule has 1 aliphatic heterocycles. The molecule has 0 bridgehead atoms. The van der Waals surface area contributed by atoms with Crippen LogP contribution in [0.1, 0.15) is 18.4 Å². The molecule has 1 aliphatic rings. The lowest BCUT2D eigenvalue weighted by Gasteiger charge is -2.32. The molecule has 0 radical (unpaired) electrons. The van der Waals surface area contributed by atoms with Crippen LogP contribution in [0.4, 0.5) is 0 Å². The number of para-hydroxylation sites is 1. The van der Waals surface area contributed by atoms with Crippen LogP contribution in [0.15, 0.2) is 54.6 Å². The Morgan fingerprint density at radius 1 is 1.04 bits per heavy atom. The van der Waals surface area contributed by atoms with Crippen LogP contribution in [-0.2, 0) is 16.1 Å². The Hall–Kier alpha value is -2.86. The molecule has 2 aromatic rings. The topological polar surface area (TPSA) is 75.9 Å². The summed E-state index contributed by atoms with van der Waals surface area (Å²) in [6, 6.07) is 17.4. The number of nitrogens with two attached hydrogens (primary N) is 1. The number of amides is 2. The number of rotatable bonds is 7. The second-order valence-electron chi connectivity index (χ2n) is 7.27. The summed E-state index contributed by atoms with van der Waals surface area (Å²) < 4.78 is 5.80. The molecular formula is C22H27N3O3. The Morgan fingerprint density at radius 3 is 2.25 bits per heavy atom. The van der Waals surface area contributed by atoms with Crippen LogP contribution in [0.5, 0.6) is 11.5 Å². The molecule has 0 aliphatic carbocycles. The first-order valence-electron chi connectivity index (χ1n) is 9.59. The minimum Gasteiger partial charge on any atom is -0.457 e. The van der Waals surface area contributed by atoms with Crippen molar-refractivity contribution in [1.82, 2.24) is 9.80 Å². The lowest BCUT2D eigenvalue weighted by atomic mass is 9.95. The van der Waals surface area contributed by atoms with E-state index in [1.807, 2.05) is 66.5 Å². The number of hydrogen-bond donors (Lipinski definition) is 1. The molecule has 148 valence electrons. The average Bonchev–Trinajstić information content (AvgIpc) is 2.70. The molecule has 1 saturated heterocycles. The van der Waals surface area contributed by atoms with Crippen LogP contribution in [0, 0.1) is 5.92 Å². The summed E-state index contributed by atoms with van der Waals surface area (Å²) in [7, 11) is 1.84. The Morgan fingerprint density at radius 2 is 1.64 bits per heavy atom. The Kier molecular flexibility index (Phi) is 6.66. The predicted octanol–water partition coefficient (Wildman–Crippen LogP) is 2.63. The van der Waals surface area contributed by atoms with Crippen molar-refractivity contribution < 1.29 is 14.3 Å². The molecule has 6 nitrogen and oxygen atoms in total. The van der Waals surface area contributed by atoms with Crippen molar-refractivity contribution in [2.45, 2.75) is 19.4 Å². The monoisotopic (exact) mass is 381 g/mol. The van der Waals surface area contributed by atoms with Gasteiger partial charge in [0.1, 0.15) is 11.5 Å².